The van der Waals surface area contributed by atoms with Crippen molar-refractivity contribution >= 4 is 40.3 Å². The fraction of sp³-hybridized carbons (Fsp3) is 0.333. The number of β-lactam (4-membered cyclic amide) rings is 1. The van der Waals surface area contributed by atoms with E-state index >= 15 is 0 Å². The Balaban J connectivity index is 0.00000192. The molecule has 3 rings (SSSR count). The molecule has 5 nitrogen and oxygen atoms in total. The maximum Gasteiger partial charge on any atom is 1.00 e. The minimum absolute atomic E-state index is 0. The van der Waals surface area contributed by atoms with Crippen LogP contribution in [0, 0.1) is 5.92 Å². The van der Waals surface area contributed by atoms with Crippen LogP contribution in [0.3, 0.4) is 0 Å². The Hall–Kier alpha value is 0.196. The van der Waals surface area contributed by atoms with Gasteiger partial charge in [-0.2, -0.15) is 0 Å². The molecule has 23 heavy (non-hydrogen) atoms. The van der Waals surface area contributed by atoms with Crippen molar-refractivity contribution in [1.82, 2.24) is 4.90 Å². The van der Waals surface area contributed by atoms with Gasteiger partial charge in [0, 0.05) is 9.80 Å². The Morgan fingerprint density at radius 1 is 1.39 bits per heavy atom. The fourth-order valence-electron chi connectivity index (χ4n) is 2.72. The molecule has 1 saturated heterocycles. The Labute approximate surface area is 185 Å². The summed E-state index contributed by atoms with van der Waals surface area (Å²) in [7, 11) is 0. The summed E-state index contributed by atoms with van der Waals surface area (Å²) in [4.78, 5) is 26.4. The van der Waals surface area contributed by atoms with E-state index in [1.807, 2.05) is 30.5 Å². The van der Waals surface area contributed by atoms with Gasteiger partial charge in [-0.3, -0.25) is 9.69 Å². The summed E-state index contributed by atoms with van der Waals surface area (Å²) in [6, 6.07) is 7.49. The molecule has 0 spiro atoms. The fourth-order valence-corrected chi connectivity index (χ4v) is 4.74. The molecule has 1 N–H and O–H groups in total. The molecule has 2 aliphatic heterocycles. The third-order valence-corrected chi connectivity index (χ3v) is 6.00. The van der Waals surface area contributed by atoms with Gasteiger partial charge in [0.05, 0.1) is 23.7 Å². The molecule has 0 bridgehead atoms. The molecule has 116 valence electrons. The number of carboxylic acid groups (broad SMARTS) is 1. The molecule has 1 fully saturated rings. The maximum atomic E-state index is 12.1. The van der Waals surface area contributed by atoms with E-state index in [9.17, 15) is 19.8 Å². The zero-order chi connectivity index (χ0) is 16.0. The monoisotopic (exact) mass is 375 g/mol. The van der Waals surface area contributed by atoms with E-state index in [-0.39, 0.29) is 68.4 Å². The second-order valence-corrected chi connectivity index (χ2v) is 7.18. The molecule has 0 radical (unpaired) electrons. The van der Waals surface area contributed by atoms with E-state index in [2.05, 4.69) is 0 Å². The van der Waals surface area contributed by atoms with Gasteiger partial charge in [0.2, 0.25) is 5.91 Å². The van der Waals surface area contributed by atoms with Crippen LogP contribution in [0.5, 0.6) is 0 Å². The van der Waals surface area contributed by atoms with Gasteiger partial charge in [0.15, 0.2) is 0 Å². The van der Waals surface area contributed by atoms with E-state index in [1.54, 1.807) is 18.7 Å². The van der Waals surface area contributed by atoms with E-state index in [0.717, 1.165) is 10.5 Å². The number of carboxylic acids is 1. The smallest absolute Gasteiger partial charge is 0.543 e. The zero-order valence-corrected chi connectivity index (χ0v) is 17.7. The number of rotatable bonds is 4. The summed E-state index contributed by atoms with van der Waals surface area (Å²) in [5, 5.41) is 20.8. The average Bonchev–Trinajstić information content (AvgIpc) is 2.82. The third kappa shape index (κ3) is 3.32. The average molecular weight is 376 g/mol. The number of aliphatic carboxylic acids is 1. The van der Waals surface area contributed by atoms with E-state index in [0.29, 0.717) is 4.91 Å². The van der Waals surface area contributed by atoms with Crippen molar-refractivity contribution in [3.8, 4) is 0 Å². The molecule has 0 unspecified atom stereocenters. The zero-order valence-electron chi connectivity index (χ0n) is 13.0. The molecule has 1 aromatic carbocycles. The topological polar surface area (TPSA) is 80.7 Å². The summed E-state index contributed by atoms with van der Waals surface area (Å²) < 4.78 is 0. The number of nitrogens with zero attached hydrogens (tertiary/aromatic N) is 1. The van der Waals surface area contributed by atoms with Crippen molar-refractivity contribution in [2.75, 3.05) is 6.26 Å². The van der Waals surface area contributed by atoms with Crippen molar-refractivity contribution in [2.24, 2.45) is 5.92 Å². The first-order valence-electron chi connectivity index (χ1n) is 6.73. The summed E-state index contributed by atoms with van der Waals surface area (Å²) in [6.45, 7) is 1.55. The number of carbonyl (C=O) groups is 2. The molecule has 3 atom stereocenters. The van der Waals surface area contributed by atoms with Crippen LogP contribution >= 0.6 is 23.5 Å². The van der Waals surface area contributed by atoms with Gasteiger partial charge < -0.3 is 15.0 Å². The first-order chi connectivity index (χ1) is 10.5. The number of hydrogen-bond donors (Lipinski definition) is 1. The maximum absolute atomic E-state index is 12.1. The number of fused-ring (bicyclic) bond motifs is 1. The quantitative estimate of drug-likeness (QED) is 0.364. The normalized spacial score (nSPS) is 24.0. The van der Waals surface area contributed by atoms with Gasteiger partial charge in [0.1, 0.15) is 5.37 Å². The first kappa shape index (κ1) is 19.5. The molecular weight excluding hydrogens is 361 g/mol. The minimum atomic E-state index is -1.36. The van der Waals surface area contributed by atoms with Crippen LogP contribution in [-0.2, 0) is 9.59 Å². The number of carbonyl (C=O) groups excluding carboxylic acids is 2. The molecular formula is C15H14KNO4S2. The van der Waals surface area contributed by atoms with Crippen LogP contribution in [0.4, 0.5) is 0 Å². The number of benzene rings is 1. The Bertz CT molecular complexity index is 675. The minimum Gasteiger partial charge on any atom is -0.543 e. The van der Waals surface area contributed by atoms with Gasteiger partial charge in [0.25, 0.3) is 0 Å². The predicted octanol–water partition coefficient (Wildman–Crippen LogP) is -2.26. The van der Waals surface area contributed by atoms with Crippen molar-refractivity contribution in [3.63, 3.8) is 0 Å². The second-order valence-electron chi connectivity index (χ2n) is 5.18. The molecule has 2 aliphatic rings. The van der Waals surface area contributed by atoms with Crippen LogP contribution < -0.4 is 56.5 Å². The third-order valence-electron chi connectivity index (χ3n) is 3.84. The summed E-state index contributed by atoms with van der Waals surface area (Å²) in [6.07, 6.45) is 1.16. The first-order valence-corrected chi connectivity index (χ1v) is 8.84. The molecule has 0 aromatic heterocycles. The molecule has 0 saturated carbocycles. The largest absolute Gasteiger partial charge is 1.00 e. The van der Waals surface area contributed by atoms with Crippen molar-refractivity contribution in [2.45, 2.75) is 23.3 Å². The van der Waals surface area contributed by atoms with Crippen molar-refractivity contribution < 1.29 is 71.2 Å². The molecule has 0 aliphatic carbocycles. The molecule has 1 amide bonds. The summed E-state index contributed by atoms with van der Waals surface area (Å²) in [5.74, 6) is -2.29. The molecule has 2 heterocycles. The van der Waals surface area contributed by atoms with Crippen LogP contribution in [0.1, 0.15) is 12.5 Å². The molecule has 8 heteroatoms. The van der Waals surface area contributed by atoms with Crippen molar-refractivity contribution in [1.29, 1.82) is 0 Å². The molecule has 1 aromatic rings. The number of amides is 1. The van der Waals surface area contributed by atoms with Crippen LogP contribution in [0.25, 0.3) is 4.91 Å². The van der Waals surface area contributed by atoms with Gasteiger partial charge in [-0.15, -0.1) is 11.8 Å². The Morgan fingerprint density at radius 3 is 2.48 bits per heavy atom. The Morgan fingerprint density at radius 2 is 2.00 bits per heavy atom. The van der Waals surface area contributed by atoms with Crippen molar-refractivity contribution in [3.05, 3.63) is 35.5 Å². The van der Waals surface area contributed by atoms with E-state index in [4.69, 9.17) is 0 Å². The number of aliphatic hydroxyl groups excluding tert-OH is 1. The van der Waals surface area contributed by atoms with Gasteiger partial charge >= 0.3 is 51.4 Å². The van der Waals surface area contributed by atoms with E-state index in [1.165, 1.54) is 16.7 Å². The summed E-state index contributed by atoms with van der Waals surface area (Å²) in [5.41, 5.74) is 0.655. The SMILES string of the molecule is CSc1ccc(C2=C(C(=O)[O-])N3C(=O)[C@H]([C@@H](C)O)[C@H]3S2)cc1.[K+]. The standard InChI is InChI=1S/C15H15NO4S2.K/c1-7(17)10-13(18)16-11(15(19)20)12(22-14(10)16)8-3-5-9(21-2)6-4-8;/h3-7,10,14,17H,1-2H3,(H,19,20);/q;+1/p-1/t7-,10+,14-;/m1./s1. The van der Waals surface area contributed by atoms with E-state index < -0.39 is 18.0 Å². The van der Waals surface area contributed by atoms with Crippen LogP contribution in [0.2, 0.25) is 0 Å². The predicted molar refractivity (Wildman–Crippen MR) is 83.5 cm³/mol. The number of aliphatic hydroxyl groups is 1. The number of hydrogen-bond acceptors (Lipinski definition) is 6. The van der Waals surface area contributed by atoms with Crippen LogP contribution in [0.15, 0.2) is 34.9 Å². The van der Waals surface area contributed by atoms with Crippen LogP contribution in [-0.4, -0.2) is 39.6 Å². The Kier molecular flexibility index (Phi) is 6.46. The summed E-state index contributed by atoms with van der Waals surface area (Å²) >= 11 is 2.90. The number of thioether (sulfide) groups is 2. The van der Waals surface area contributed by atoms with Gasteiger partial charge in [-0.1, -0.05) is 23.9 Å². The van der Waals surface area contributed by atoms with Gasteiger partial charge in [-0.05, 0) is 30.9 Å². The second kappa shape index (κ2) is 7.61. The van der Waals surface area contributed by atoms with Gasteiger partial charge in [-0.25, -0.2) is 0 Å².